The molecule has 3 rings (SSSR count). The van der Waals surface area contributed by atoms with E-state index in [9.17, 15) is 0 Å². The van der Waals surface area contributed by atoms with Crippen LogP contribution in [0.1, 0.15) is 30.4 Å². The zero-order valence-corrected chi connectivity index (χ0v) is 16.1. The fraction of sp³-hybridized carbons (Fsp3) is 0.348. The first-order chi connectivity index (χ1) is 12.8. The molecule has 0 radical (unpaired) electrons. The summed E-state index contributed by atoms with van der Waals surface area (Å²) in [5.74, 6) is 0.692. The molecule has 2 aromatic carbocycles. The third-order valence-electron chi connectivity index (χ3n) is 4.89. The Morgan fingerprint density at radius 2 is 1.65 bits per heavy atom. The van der Waals surface area contributed by atoms with Gasteiger partial charge in [0.15, 0.2) is 5.11 Å². The van der Waals surface area contributed by atoms with Crippen LogP contribution in [0.2, 0.25) is 0 Å². The number of benzene rings is 2. The molecule has 0 saturated heterocycles. The number of nitrogens with one attached hydrogen (secondary N) is 1. The van der Waals surface area contributed by atoms with Crippen LogP contribution < -0.4 is 5.32 Å². The Morgan fingerprint density at radius 1 is 0.962 bits per heavy atom. The number of hydrogen-bond donors (Lipinski definition) is 1. The molecule has 0 bridgehead atoms. The van der Waals surface area contributed by atoms with Gasteiger partial charge in [-0.15, -0.1) is 0 Å². The van der Waals surface area contributed by atoms with Crippen LogP contribution >= 0.6 is 12.2 Å². The van der Waals surface area contributed by atoms with Crippen molar-refractivity contribution in [3.63, 3.8) is 0 Å². The van der Waals surface area contributed by atoms with Crippen LogP contribution in [0.3, 0.4) is 0 Å². The number of allylic oxidation sites excluding steroid dienone is 2. The molecule has 0 fully saturated rings. The standard InChI is InChI=1S/C23H28N2S/c26-23(24-17-16-20-10-4-1-5-11-20)25(18-21-12-6-2-7-13-21)19-22-14-8-3-9-15-22/h1-8,10-13,22H,9,14-19H2,(H,24,26). The van der Waals surface area contributed by atoms with E-state index < -0.39 is 0 Å². The molecule has 26 heavy (non-hydrogen) atoms. The summed E-state index contributed by atoms with van der Waals surface area (Å²) in [6.45, 7) is 2.77. The Labute approximate surface area is 162 Å². The topological polar surface area (TPSA) is 15.3 Å². The van der Waals surface area contributed by atoms with Crippen molar-refractivity contribution in [1.82, 2.24) is 10.2 Å². The Hall–Kier alpha value is -2.13. The van der Waals surface area contributed by atoms with Gasteiger partial charge in [-0.05, 0) is 54.9 Å². The van der Waals surface area contributed by atoms with E-state index in [1.807, 2.05) is 0 Å². The minimum atomic E-state index is 0.692. The van der Waals surface area contributed by atoms with Crippen molar-refractivity contribution in [2.45, 2.75) is 32.2 Å². The lowest BCUT2D eigenvalue weighted by Gasteiger charge is -2.31. The van der Waals surface area contributed by atoms with Gasteiger partial charge in [0.05, 0.1) is 0 Å². The van der Waals surface area contributed by atoms with Crippen LogP contribution in [0, 0.1) is 5.92 Å². The molecule has 1 N–H and O–H groups in total. The Balaban J connectivity index is 1.57. The summed E-state index contributed by atoms with van der Waals surface area (Å²) in [5.41, 5.74) is 2.65. The Bertz CT molecular complexity index is 697. The van der Waals surface area contributed by atoms with Crippen LogP contribution in [-0.4, -0.2) is 23.1 Å². The highest BCUT2D eigenvalue weighted by molar-refractivity contribution is 7.80. The zero-order chi connectivity index (χ0) is 18.0. The first-order valence-electron chi connectivity index (χ1n) is 9.57. The quantitative estimate of drug-likeness (QED) is 0.552. The van der Waals surface area contributed by atoms with Gasteiger partial charge in [-0.1, -0.05) is 72.8 Å². The summed E-state index contributed by atoms with van der Waals surface area (Å²) in [7, 11) is 0. The number of hydrogen-bond acceptors (Lipinski definition) is 1. The van der Waals surface area contributed by atoms with Crippen molar-refractivity contribution < 1.29 is 0 Å². The van der Waals surface area contributed by atoms with Crippen molar-refractivity contribution in [1.29, 1.82) is 0 Å². The van der Waals surface area contributed by atoms with Crippen molar-refractivity contribution >= 4 is 17.3 Å². The summed E-state index contributed by atoms with van der Waals surface area (Å²) in [4.78, 5) is 2.35. The zero-order valence-electron chi connectivity index (χ0n) is 15.3. The molecule has 0 spiro atoms. The first kappa shape index (κ1) is 18.7. The molecular formula is C23H28N2S. The average molecular weight is 365 g/mol. The van der Waals surface area contributed by atoms with E-state index in [0.717, 1.165) is 37.6 Å². The lowest BCUT2D eigenvalue weighted by molar-refractivity contribution is 0.312. The van der Waals surface area contributed by atoms with E-state index in [1.165, 1.54) is 24.0 Å². The highest BCUT2D eigenvalue weighted by atomic mass is 32.1. The molecule has 1 unspecified atom stereocenters. The molecule has 2 nitrogen and oxygen atoms in total. The SMILES string of the molecule is S=C(NCCc1ccccc1)N(Cc1ccccc1)CC1CC=CCC1. The maximum atomic E-state index is 5.76. The van der Waals surface area contributed by atoms with Crippen molar-refractivity contribution in [3.8, 4) is 0 Å². The molecule has 1 aliphatic carbocycles. The molecule has 1 atom stereocenters. The Kier molecular flexibility index (Phi) is 7.26. The monoisotopic (exact) mass is 364 g/mol. The number of nitrogens with zero attached hydrogens (tertiary/aromatic N) is 1. The van der Waals surface area contributed by atoms with Gasteiger partial charge in [0, 0.05) is 19.6 Å². The smallest absolute Gasteiger partial charge is 0.169 e. The second-order valence-electron chi connectivity index (χ2n) is 6.98. The van der Waals surface area contributed by atoms with Crippen LogP contribution in [0.25, 0.3) is 0 Å². The van der Waals surface area contributed by atoms with Crippen LogP contribution in [0.15, 0.2) is 72.8 Å². The third kappa shape index (κ3) is 5.99. The summed E-state index contributed by atoms with van der Waals surface area (Å²) >= 11 is 5.76. The average Bonchev–Trinajstić information content (AvgIpc) is 2.70. The van der Waals surface area contributed by atoms with Gasteiger partial charge in [0.1, 0.15) is 0 Å². The van der Waals surface area contributed by atoms with Crippen molar-refractivity contribution in [2.24, 2.45) is 5.92 Å². The Morgan fingerprint density at radius 3 is 2.31 bits per heavy atom. The maximum Gasteiger partial charge on any atom is 0.169 e. The summed E-state index contributed by atoms with van der Waals surface area (Å²) in [5, 5.41) is 4.35. The predicted molar refractivity (Wildman–Crippen MR) is 114 cm³/mol. The molecule has 1 aliphatic rings. The van der Waals surface area contributed by atoms with E-state index in [1.54, 1.807) is 0 Å². The predicted octanol–water partition coefficient (Wildman–Crippen LogP) is 4.96. The van der Waals surface area contributed by atoms with Gasteiger partial charge in [-0.25, -0.2) is 0 Å². The highest BCUT2D eigenvalue weighted by Gasteiger charge is 2.17. The molecule has 0 amide bonds. The fourth-order valence-electron chi connectivity index (χ4n) is 3.43. The van der Waals surface area contributed by atoms with Gasteiger partial charge >= 0.3 is 0 Å². The van der Waals surface area contributed by atoms with E-state index in [2.05, 4.69) is 83.0 Å². The minimum absolute atomic E-state index is 0.692. The van der Waals surface area contributed by atoms with Crippen molar-refractivity contribution in [3.05, 3.63) is 83.9 Å². The summed E-state index contributed by atoms with van der Waals surface area (Å²) in [6, 6.07) is 21.2. The minimum Gasteiger partial charge on any atom is -0.362 e. The normalized spacial score (nSPS) is 16.2. The molecular weight excluding hydrogens is 336 g/mol. The third-order valence-corrected chi connectivity index (χ3v) is 5.29. The summed E-state index contributed by atoms with van der Waals surface area (Å²) in [6.07, 6.45) is 9.23. The second-order valence-corrected chi connectivity index (χ2v) is 7.37. The highest BCUT2D eigenvalue weighted by Crippen LogP contribution is 2.20. The molecule has 0 saturated carbocycles. The van der Waals surface area contributed by atoms with Crippen LogP contribution in [0.5, 0.6) is 0 Å². The fourth-order valence-corrected chi connectivity index (χ4v) is 3.67. The number of rotatable bonds is 7. The van der Waals surface area contributed by atoms with E-state index in [4.69, 9.17) is 12.2 Å². The van der Waals surface area contributed by atoms with Gasteiger partial charge in [0.25, 0.3) is 0 Å². The molecule has 0 aliphatic heterocycles. The van der Waals surface area contributed by atoms with E-state index in [-0.39, 0.29) is 0 Å². The van der Waals surface area contributed by atoms with Gasteiger partial charge < -0.3 is 10.2 Å². The largest absolute Gasteiger partial charge is 0.362 e. The first-order valence-corrected chi connectivity index (χ1v) is 9.98. The van der Waals surface area contributed by atoms with E-state index >= 15 is 0 Å². The van der Waals surface area contributed by atoms with Crippen molar-refractivity contribution in [2.75, 3.05) is 13.1 Å². The lowest BCUT2D eigenvalue weighted by atomic mass is 9.94. The maximum absolute atomic E-state index is 5.76. The molecule has 0 heterocycles. The van der Waals surface area contributed by atoms with Crippen LogP contribution in [-0.2, 0) is 13.0 Å². The number of thiocarbonyl (C=S) groups is 1. The van der Waals surface area contributed by atoms with Gasteiger partial charge in [-0.3, -0.25) is 0 Å². The molecule has 136 valence electrons. The van der Waals surface area contributed by atoms with Gasteiger partial charge in [0.2, 0.25) is 0 Å². The molecule has 3 heteroatoms. The second kappa shape index (κ2) is 10.1. The lowest BCUT2D eigenvalue weighted by Crippen LogP contribution is -2.42. The van der Waals surface area contributed by atoms with Crippen LogP contribution in [0.4, 0.5) is 0 Å². The molecule has 0 aromatic heterocycles. The molecule has 2 aromatic rings. The van der Waals surface area contributed by atoms with Gasteiger partial charge in [-0.2, -0.15) is 0 Å². The van der Waals surface area contributed by atoms with E-state index in [0.29, 0.717) is 5.92 Å². The summed E-state index contributed by atoms with van der Waals surface area (Å²) < 4.78 is 0.